The third-order valence-electron chi connectivity index (χ3n) is 5.23. The van der Waals surface area contributed by atoms with Crippen LogP contribution in [0.3, 0.4) is 0 Å². The predicted molar refractivity (Wildman–Crippen MR) is 96.8 cm³/mol. The number of hydrogen-bond donors (Lipinski definition) is 1. The fourth-order valence-corrected chi connectivity index (χ4v) is 3.85. The van der Waals surface area contributed by atoms with Gasteiger partial charge in [-0.1, -0.05) is 54.9 Å². The van der Waals surface area contributed by atoms with Crippen LogP contribution in [0.15, 0.2) is 48.5 Å². The second kappa shape index (κ2) is 6.52. The number of carbonyl (C=O) groups is 2. The van der Waals surface area contributed by atoms with Gasteiger partial charge in [0.05, 0.1) is 5.54 Å². The Morgan fingerprint density at radius 1 is 1.20 bits per heavy atom. The first-order valence-corrected chi connectivity index (χ1v) is 8.65. The Morgan fingerprint density at radius 3 is 2.48 bits per heavy atom. The maximum Gasteiger partial charge on any atom is 0.313 e. The minimum atomic E-state index is -0.923. The van der Waals surface area contributed by atoms with Gasteiger partial charge in [0.25, 0.3) is 5.91 Å². The second-order valence-corrected chi connectivity index (χ2v) is 6.96. The summed E-state index contributed by atoms with van der Waals surface area (Å²) in [6.45, 7) is 4.04. The zero-order chi connectivity index (χ0) is 18.2. The monoisotopic (exact) mass is 357 g/mol. The van der Waals surface area contributed by atoms with Crippen LogP contribution in [0.5, 0.6) is 0 Å². The highest BCUT2D eigenvalue weighted by Gasteiger charge is 2.50. The van der Waals surface area contributed by atoms with Gasteiger partial charge in [0.15, 0.2) is 0 Å². The van der Waals surface area contributed by atoms with Gasteiger partial charge in [-0.25, -0.2) is 0 Å². The Labute approximate surface area is 152 Å². The lowest BCUT2D eigenvalue weighted by Crippen LogP contribution is -2.58. The molecule has 25 heavy (non-hydrogen) atoms. The van der Waals surface area contributed by atoms with E-state index >= 15 is 0 Å². The average molecular weight is 358 g/mol. The maximum absolute atomic E-state index is 13.2. The third kappa shape index (κ3) is 2.81. The summed E-state index contributed by atoms with van der Waals surface area (Å²) in [7, 11) is 0. The molecular weight excluding hydrogens is 338 g/mol. The van der Waals surface area contributed by atoms with E-state index in [1.807, 2.05) is 32.0 Å². The van der Waals surface area contributed by atoms with Gasteiger partial charge in [0.2, 0.25) is 0 Å². The fourth-order valence-electron chi connectivity index (χ4n) is 3.66. The first-order chi connectivity index (χ1) is 11.9. The zero-order valence-corrected chi connectivity index (χ0v) is 15.0. The van der Waals surface area contributed by atoms with Crippen LogP contribution in [0.4, 0.5) is 0 Å². The molecular formula is C20H20ClNO3. The Balaban J connectivity index is 2.15. The van der Waals surface area contributed by atoms with Crippen molar-refractivity contribution in [3.05, 3.63) is 70.2 Å². The topological polar surface area (TPSA) is 57.6 Å². The van der Waals surface area contributed by atoms with Gasteiger partial charge in [0.1, 0.15) is 5.92 Å². The molecule has 0 fully saturated rings. The molecule has 2 unspecified atom stereocenters. The van der Waals surface area contributed by atoms with Crippen molar-refractivity contribution in [1.82, 2.24) is 4.90 Å². The number of carboxylic acids is 1. The molecule has 5 heteroatoms. The molecule has 4 nitrogen and oxygen atoms in total. The number of aliphatic carboxylic acids is 1. The zero-order valence-electron chi connectivity index (χ0n) is 14.2. The molecule has 0 saturated heterocycles. The number of amides is 1. The van der Waals surface area contributed by atoms with Crippen molar-refractivity contribution in [3.8, 4) is 0 Å². The highest BCUT2D eigenvalue weighted by atomic mass is 35.5. The number of hydrogen-bond acceptors (Lipinski definition) is 2. The van der Waals surface area contributed by atoms with Crippen LogP contribution in [-0.4, -0.2) is 27.4 Å². The largest absolute Gasteiger partial charge is 0.481 e. The standard InChI is InChI=1S/C20H20ClNO3/c1-3-20(2)17(19(24)25)14-9-5-6-10-15(14)18(23)22(20)12-13-8-4-7-11-16(13)21/h4-11,17H,3,12H2,1-2H3,(H,24,25). The summed E-state index contributed by atoms with van der Waals surface area (Å²) in [5.41, 5.74) is 1.00. The van der Waals surface area contributed by atoms with Gasteiger partial charge in [-0.05, 0) is 36.6 Å². The summed E-state index contributed by atoms with van der Waals surface area (Å²) in [6.07, 6.45) is 0.522. The molecule has 2 aromatic carbocycles. The third-order valence-corrected chi connectivity index (χ3v) is 5.60. The molecule has 1 N–H and O–H groups in total. The normalized spacial score (nSPS) is 22.6. The SMILES string of the molecule is CCC1(C)C(C(=O)O)c2ccccc2C(=O)N1Cc1ccccc1Cl. The molecule has 0 radical (unpaired) electrons. The van der Waals surface area contributed by atoms with Crippen molar-refractivity contribution in [2.75, 3.05) is 0 Å². The quantitative estimate of drug-likeness (QED) is 0.885. The molecule has 1 aliphatic heterocycles. The molecule has 2 aromatic rings. The van der Waals surface area contributed by atoms with Gasteiger partial charge in [-0.2, -0.15) is 0 Å². The highest BCUT2D eigenvalue weighted by Crippen LogP contribution is 2.44. The summed E-state index contributed by atoms with van der Waals surface area (Å²) >= 11 is 6.27. The molecule has 0 spiro atoms. The molecule has 3 rings (SSSR count). The number of fused-ring (bicyclic) bond motifs is 1. The van der Waals surface area contributed by atoms with Crippen LogP contribution in [0.25, 0.3) is 0 Å². The Morgan fingerprint density at radius 2 is 1.84 bits per heavy atom. The smallest absolute Gasteiger partial charge is 0.313 e. The first kappa shape index (κ1) is 17.5. The summed E-state index contributed by atoms with van der Waals surface area (Å²) in [6, 6.07) is 14.3. The van der Waals surface area contributed by atoms with Crippen molar-refractivity contribution in [3.63, 3.8) is 0 Å². The lowest BCUT2D eigenvalue weighted by atomic mass is 9.72. The van der Waals surface area contributed by atoms with Gasteiger partial charge in [-0.15, -0.1) is 0 Å². The van der Waals surface area contributed by atoms with Crippen LogP contribution >= 0.6 is 11.6 Å². The molecule has 2 atom stereocenters. The van der Waals surface area contributed by atoms with Crippen LogP contribution in [0, 0.1) is 0 Å². The Kier molecular flexibility index (Phi) is 4.56. The number of benzene rings is 2. The average Bonchev–Trinajstić information content (AvgIpc) is 2.60. The highest BCUT2D eigenvalue weighted by molar-refractivity contribution is 6.31. The van der Waals surface area contributed by atoms with Crippen LogP contribution < -0.4 is 0 Å². The number of carbonyl (C=O) groups excluding carboxylic acids is 1. The molecule has 1 aliphatic rings. The van der Waals surface area contributed by atoms with Crippen LogP contribution in [-0.2, 0) is 11.3 Å². The molecule has 0 bridgehead atoms. The van der Waals surface area contributed by atoms with Gasteiger partial charge in [-0.3, -0.25) is 9.59 Å². The van der Waals surface area contributed by atoms with E-state index in [9.17, 15) is 14.7 Å². The van der Waals surface area contributed by atoms with E-state index in [-0.39, 0.29) is 12.5 Å². The summed E-state index contributed by atoms with van der Waals surface area (Å²) < 4.78 is 0. The fraction of sp³-hybridized carbons (Fsp3) is 0.300. The van der Waals surface area contributed by atoms with E-state index in [0.717, 1.165) is 5.56 Å². The summed E-state index contributed by atoms with van der Waals surface area (Å²) in [5.74, 6) is -1.86. The number of carboxylic acid groups (broad SMARTS) is 1. The minimum absolute atomic E-state index is 0.155. The van der Waals surface area contributed by atoms with Crippen LogP contribution in [0.1, 0.15) is 47.7 Å². The van der Waals surface area contributed by atoms with Crippen molar-refractivity contribution < 1.29 is 14.7 Å². The Bertz CT molecular complexity index is 835. The van der Waals surface area contributed by atoms with Gasteiger partial charge >= 0.3 is 5.97 Å². The minimum Gasteiger partial charge on any atom is -0.481 e. The molecule has 1 heterocycles. The molecule has 0 saturated carbocycles. The summed E-state index contributed by atoms with van der Waals surface area (Å²) in [4.78, 5) is 26.9. The van der Waals surface area contributed by atoms with Crippen molar-refractivity contribution in [1.29, 1.82) is 0 Å². The molecule has 0 aromatic heterocycles. The van der Waals surface area contributed by atoms with E-state index < -0.39 is 17.4 Å². The van der Waals surface area contributed by atoms with E-state index in [1.54, 1.807) is 35.2 Å². The Hall–Kier alpha value is -2.33. The van der Waals surface area contributed by atoms with Crippen molar-refractivity contribution in [2.45, 2.75) is 38.3 Å². The van der Waals surface area contributed by atoms with E-state index in [2.05, 4.69) is 0 Å². The number of halogens is 1. The van der Waals surface area contributed by atoms with Gasteiger partial charge in [0, 0.05) is 17.1 Å². The van der Waals surface area contributed by atoms with E-state index in [0.29, 0.717) is 22.6 Å². The van der Waals surface area contributed by atoms with E-state index in [1.165, 1.54) is 0 Å². The molecule has 130 valence electrons. The van der Waals surface area contributed by atoms with Crippen LogP contribution in [0.2, 0.25) is 5.02 Å². The first-order valence-electron chi connectivity index (χ1n) is 8.27. The summed E-state index contributed by atoms with van der Waals surface area (Å²) in [5, 5.41) is 10.5. The predicted octanol–water partition coefficient (Wildman–Crippen LogP) is 4.33. The van der Waals surface area contributed by atoms with Gasteiger partial charge < -0.3 is 10.0 Å². The molecule has 0 aliphatic carbocycles. The maximum atomic E-state index is 13.2. The van der Waals surface area contributed by atoms with Crippen molar-refractivity contribution >= 4 is 23.5 Å². The number of rotatable bonds is 4. The van der Waals surface area contributed by atoms with Crippen molar-refractivity contribution in [2.24, 2.45) is 0 Å². The molecule has 1 amide bonds. The lowest BCUT2D eigenvalue weighted by molar-refractivity contribution is -0.143. The lowest BCUT2D eigenvalue weighted by Gasteiger charge is -2.48. The number of nitrogens with zero attached hydrogens (tertiary/aromatic N) is 1. The second-order valence-electron chi connectivity index (χ2n) is 6.55. The van der Waals surface area contributed by atoms with E-state index in [4.69, 9.17) is 11.6 Å².